The van der Waals surface area contributed by atoms with Crippen LogP contribution in [0.15, 0.2) is 0 Å². The lowest BCUT2D eigenvalue weighted by molar-refractivity contribution is -0.377. The SMILES string of the molecule is OC[C@@H]1O[C@@H](O[C@H]2[C@@H](O)[C@@H](O)[C@@H](O[C@H]3[C@@H](O)[C@@H](O)[C@@H](O)O[C@H]3CO)O[C@H]2CO)[C@@H](O)[C@@H](O)[C@H]1O. The average molecular weight is 504 g/mol. The van der Waals surface area contributed by atoms with E-state index >= 15 is 0 Å². The molecule has 0 radical (unpaired) electrons. The van der Waals surface area contributed by atoms with Gasteiger partial charge in [0.2, 0.25) is 0 Å². The fourth-order valence-electron chi connectivity index (χ4n) is 4.06. The van der Waals surface area contributed by atoms with E-state index in [9.17, 15) is 56.2 Å². The van der Waals surface area contributed by atoms with Crippen LogP contribution in [0.4, 0.5) is 0 Å². The van der Waals surface area contributed by atoms with Crippen molar-refractivity contribution in [2.45, 2.75) is 92.1 Å². The van der Waals surface area contributed by atoms with Crippen molar-refractivity contribution in [3.63, 3.8) is 0 Å². The Labute approximate surface area is 192 Å². The Balaban J connectivity index is 1.72. The summed E-state index contributed by atoms with van der Waals surface area (Å²) in [6, 6.07) is 0. The normalized spacial score (nSPS) is 52.5. The van der Waals surface area contributed by atoms with E-state index in [0.717, 1.165) is 0 Å². The molecule has 0 amide bonds. The van der Waals surface area contributed by atoms with Crippen LogP contribution in [-0.4, -0.2) is 168 Å². The molecular weight excluding hydrogens is 472 g/mol. The average Bonchev–Trinajstić information content (AvgIpc) is 2.83. The molecule has 34 heavy (non-hydrogen) atoms. The Kier molecular flexibility index (Phi) is 9.54. The first kappa shape index (κ1) is 27.9. The number of hydrogen-bond acceptors (Lipinski definition) is 16. The highest BCUT2D eigenvalue weighted by Crippen LogP contribution is 2.32. The molecule has 16 heteroatoms. The number of aliphatic hydroxyl groups excluding tert-OH is 11. The molecule has 3 heterocycles. The van der Waals surface area contributed by atoms with E-state index in [1.165, 1.54) is 0 Å². The Morgan fingerprint density at radius 2 is 0.853 bits per heavy atom. The summed E-state index contributed by atoms with van der Waals surface area (Å²) in [5.74, 6) is 0. The molecule has 3 aliphatic heterocycles. The third kappa shape index (κ3) is 5.37. The minimum Gasteiger partial charge on any atom is -0.394 e. The summed E-state index contributed by atoms with van der Waals surface area (Å²) in [4.78, 5) is 0. The van der Waals surface area contributed by atoms with Gasteiger partial charge in [0.15, 0.2) is 18.9 Å². The van der Waals surface area contributed by atoms with E-state index < -0.39 is 112 Å². The third-order valence-corrected chi connectivity index (χ3v) is 6.09. The lowest BCUT2D eigenvalue weighted by Gasteiger charge is -2.47. The Hall–Kier alpha value is -0.640. The summed E-state index contributed by atoms with van der Waals surface area (Å²) in [6.07, 6.45) is -25.1. The van der Waals surface area contributed by atoms with Crippen molar-refractivity contribution in [2.75, 3.05) is 19.8 Å². The van der Waals surface area contributed by atoms with Gasteiger partial charge in [0.1, 0.15) is 73.2 Å². The van der Waals surface area contributed by atoms with Gasteiger partial charge in [-0.1, -0.05) is 0 Å². The maximum Gasteiger partial charge on any atom is 0.187 e. The molecule has 200 valence electrons. The van der Waals surface area contributed by atoms with E-state index in [2.05, 4.69) is 0 Å². The van der Waals surface area contributed by atoms with E-state index in [1.807, 2.05) is 0 Å². The number of hydrogen-bond donors (Lipinski definition) is 11. The second-order valence-electron chi connectivity index (χ2n) is 8.33. The van der Waals surface area contributed by atoms with Crippen LogP contribution >= 0.6 is 0 Å². The minimum atomic E-state index is -1.91. The molecule has 15 atom stereocenters. The van der Waals surface area contributed by atoms with Crippen LogP contribution in [0.1, 0.15) is 0 Å². The maximum absolute atomic E-state index is 10.6. The molecule has 0 aromatic rings. The number of rotatable bonds is 7. The van der Waals surface area contributed by atoms with Gasteiger partial charge in [-0.25, -0.2) is 0 Å². The molecule has 3 aliphatic rings. The molecular formula is C18H32O16. The van der Waals surface area contributed by atoms with Crippen molar-refractivity contribution < 1.29 is 79.9 Å². The monoisotopic (exact) mass is 504 g/mol. The van der Waals surface area contributed by atoms with E-state index in [1.54, 1.807) is 0 Å². The predicted octanol–water partition coefficient (Wildman–Crippen LogP) is -7.57. The number of aliphatic hydroxyl groups is 11. The van der Waals surface area contributed by atoms with Crippen LogP contribution < -0.4 is 0 Å². The van der Waals surface area contributed by atoms with Gasteiger partial charge in [-0.05, 0) is 0 Å². The molecule has 11 N–H and O–H groups in total. The van der Waals surface area contributed by atoms with Crippen LogP contribution in [-0.2, 0) is 23.7 Å². The van der Waals surface area contributed by atoms with Gasteiger partial charge in [-0.15, -0.1) is 0 Å². The van der Waals surface area contributed by atoms with Gasteiger partial charge in [0.05, 0.1) is 19.8 Å². The quantitative estimate of drug-likeness (QED) is 0.154. The summed E-state index contributed by atoms with van der Waals surface area (Å²) in [5, 5.41) is 109. The van der Waals surface area contributed by atoms with Crippen LogP contribution in [0.3, 0.4) is 0 Å². The third-order valence-electron chi connectivity index (χ3n) is 6.09. The summed E-state index contributed by atoms with van der Waals surface area (Å²) in [6.45, 7) is -2.32. The lowest BCUT2D eigenvalue weighted by atomic mass is 9.96. The predicted molar refractivity (Wildman–Crippen MR) is 101 cm³/mol. The van der Waals surface area contributed by atoms with Crippen molar-refractivity contribution >= 4 is 0 Å². The highest BCUT2D eigenvalue weighted by molar-refractivity contribution is 4.96. The molecule has 16 nitrogen and oxygen atoms in total. The fourth-order valence-corrected chi connectivity index (χ4v) is 4.06. The zero-order chi connectivity index (χ0) is 25.3. The molecule has 3 saturated heterocycles. The second kappa shape index (κ2) is 11.6. The van der Waals surface area contributed by atoms with Crippen molar-refractivity contribution in [3.8, 4) is 0 Å². The summed E-state index contributed by atoms with van der Waals surface area (Å²) in [5.41, 5.74) is 0. The number of ether oxygens (including phenoxy) is 5. The zero-order valence-electron chi connectivity index (χ0n) is 17.7. The van der Waals surface area contributed by atoms with Crippen LogP contribution in [0.5, 0.6) is 0 Å². The molecule has 3 fully saturated rings. The standard InChI is InChI=1S/C18H32O16/c19-1-4-7(22)8(23)12(27)17(31-4)34-15-6(3-21)32-18(13(28)10(15)25)33-14-5(2-20)30-16(29)11(26)9(14)24/h4-29H,1-3H2/t4-,5-,6-,7-,8-,9-,10-,11+,12-,13+,14+,15+,16-,17-,18+/m0/s1. The Morgan fingerprint density at radius 3 is 1.35 bits per heavy atom. The molecule has 0 aromatic heterocycles. The van der Waals surface area contributed by atoms with Crippen molar-refractivity contribution in [1.82, 2.24) is 0 Å². The van der Waals surface area contributed by atoms with Gasteiger partial charge in [-0.3, -0.25) is 0 Å². The highest BCUT2D eigenvalue weighted by atomic mass is 16.8. The Morgan fingerprint density at radius 1 is 0.441 bits per heavy atom. The van der Waals surface area contributed by atoms with Crippen molar-refractivity contribution in [2.24, 2.45) is 0 Å². The minimum absolute atomic E-state index is 0.741. The first-order valence-corrected chi connectivity index (χ1v) is 10.6. The summed E-state index contributed by atoms with van der Waals surface area (Å²) in [7, 11) is 0. The van der Waals surface area contributed by atoms with E-state index in [0.29, 0.717) is 0 Å². The molecule has 0 saturated carbocycles. The zero-order valence-corrected chi connectivity index (χ0v) is 17.7. The van der Waals surface area contributed by atoms with Crippen LogP contribution in [0.2, 0.25) is 0 Å². The first-order valence-electron chi connectivity index (χ1n) is 10.6. The molecule has 0 unspecified atom stereocenters. The fraction of sp³-hybridized carbons (Fsp3) is 1.00. The van der Waals surface area contributed by atoms with Gasteiger partial charge in [0, 0.05) is 0 Å². The molecule has 0 aromatic carbocycles. The summed E-state index contributed by atoms with van der Waals surface area (Å²) >= 11 is 0. The van der Waals surface area contributed by atoms with Crippen molar-refractivity contribution in [3.05, 3.63) is 0 Å². The topological polar surface area (TPSA) is 269 Å². The summed E-state index contributed by atoms with van der Waals surface area (Å²) < 4.78 is 26.4. The molecule has 0 bridgehead atoms. The first-order chi connectivity index (χ1) is 16.0. The highest BCUT2D eigenvalue weighted by Gasteiger charge is 2.53. The molecule has 0 aliphatic carbocycles. The maximum atomic E-state index is 10.6. The lowest BCUT2D eigenvalue weighted by Crippen LogP contribution is -2.66. The van der Waals surface area contributed by atoms with Gasteiger partial charge >= 0.3 is 0 Å². The molecule has 3 rings (SSSR count). The van der Waals surface area contributed by atoms with Crippen molar-refractivity contribution in [1.29, 1.82) is 0 Å². The van der Waals surface area contributed by atoms with Gasteiger partial charge in [0.25, 0.3) is 0 Å². The smallest absolute Gasteiger partial charge is 0.187 e. The Bertz CT molecular complexity index is 635. The largest absolute Gasteiger partial charge is 0.394 e. The molecule has 0 spiro atoms. The van der Waals surface area contributed by atoms with Gasteiger partial charge < -0.3 is 79.9 Å². The van der Waals surface area contributed by atoms with E-state index in [-0.39, 0.29) is 0 Å². The second-order valence-corrected chi connectivity index (χ2v) is 8.33. The van der Waals surface area contributed by atoms with Crippen LogP contribution in [0, 0.1) is 0 Å². The van der Waals surface area contributed by atoms with Gasteiger partial charge in [-0.2, -0.15) is 0 Å². The van der Waals surface area contributed by atoms with E-state index in [4.69, 9.17) is 23.7 Å². The van der Waals surface area contributed by atoms with Crippen LogP contribution in [0.25, 0.3) is 0 Å².